The van der Waals surface area contributed by atoms with E-state index in [1.165, 1.54) is 6.07 Å². The van der Waals surface area contributed by atoms with Crippen LogP contribution in [0.4, 0.5) is 5.69 Å². The maximum Gasteiger partial charge on any atom is 0.313 e. The van der Waals surface area contributed by atoms with Gasteiger partial charge in [0.15, 0.2) is 0 Å². The van der Waals surface area contributed by atoms with Crippen LogP contribution in [-0.2, 0) is 0 Å². The number of nitriles is 1. The van der Waals surface area contributed by atoms with Crippen LogP contribution in [0, 0.1) is 28.4 Å². The molecule has 0 amide bonds. The first-order chi connectivity index (χ1) is 9.93. The Morgan fingerprint density at radius 2 is 1.95 bits per heavy atom. The Hall–Kier alpha value is -2.29. The number of hydrogen-bond donors (Lipinski definition) is 0. The van der Waals surface area contributed by atoms with Gasteiger partial charge in [-0.15, -0.1) is 0 Å². The van der Waals surface area contributed by atoms with E-state index in [2.05, 4.69) is 0 Å². The maximum absolute atomic E-state index is 11.1. The zero-order valence-corrected chi connectivity index (χ0v) is 12.3. The van der Waals surface area contributed by atoms with Crippen LogP contribution in [0.15, 0.2) is 30.3 Å². The molecule has 0 radical (unpaired) electrons. The minimum atomic E-state index is -0.623. The average Bonchev–Trinajstić information content (AvgIpc) is 2.44. The molecule has 2 rings (SSSR count). The Bertz CT molecular complexity index is 770. The van der Waals surface area contributed by atoms with Gasteiger partial charge in [-0.05, 0) is 18.6 Å². The number of halogens is 2. The topological polar surface area (TPSA) is 76.2 Å². The van der Waals surface area contributed by atoms with Crippen LogP contribution in [0.5, 0.6) is 11.5 Å². The van der Waals surface area contributed by atoms with E-state index in [1.54, 1.807) is 25.1 Å². The molecule has 0 heterocycles. The molecular weight excluding hydrogens is 315 g/mol. The third kappa shape index (κ3) is 3.07. The summed E-state index contributed by atoms with van der Waals surface area (Å²) in [6.45, 7) is 1.74. The molecule has 0 aliphatic carbocycles. The fourth-order valence-corrected chi connectivity index (χ4v) is 2.04. The monoisotopic (exact) mass is 322 g/mol. The van der Waals surface area contributed by atoms with E-state index in [0.29, 0.717) is 5.56 Å². The first-order valence-corrected chi connectivity index (χ1v) is 6.50. The molecule has 5 nitrogen and oxygen atoms in total. The van der Waals surface area contributed by atoms with Gasteiger partial charge in [0, 0.05) is 12.1 Å². The summed E-state index contributed by atoms with van der Waals surface area (Å²) in [4.78, 5) is 10.5. The third-order valence-electron chi connectivity index (χ3n) is 2.74. The van der Waals surface area contributed by atoms with E-state index in [-0.39, 0.29) is 32.8 Å². The number of rotatable bonds is 3. The predicted molar refractivity (Wildman–Crippen MR) is 79.1 cm³/mol. The summed E-state index contributed by atoms with van der Waals surface area (Å²) in [5, 5.41) is 20.3. The number of benzene rings is 2. The SMILES string of the molecule is Cc1cccc(C#N)c1Oc1cc(Cl)c(Cl)cc1[N+](=O)[O-]. The van der Waals surface area contributed by atoms with Gasteiger partial charge in [-0.2, -0.15) is 5.26 Å². The van der Waals surface area contributed by atoms with Crippen molar-refractivity contribution in [3.8, 4) is 17.6 Å². The number of nitro groups is 1. The maximum atomic E-state index is 11.1. The van der Waals surface area contributed by atoms with Gasteiger partial charge in [0.1, 0.15) is 11.8 Å². The highest BCUT2D eigenvalue weighted by atomic mass is 35.5. The van der Waals surface area contributed by atoms with Crippen LogP contribution in [0.3, 0.4) is 0 Å². The molecule has 106 valence electrons. The summed E-state index contributed by atoms with van der Waals surface area (Å²) in [6.07, 6.45) is 0. The standard InChI is InChI=1S/C14H8Cl2N2O3/c1-8-3-2-4-9(7-17)14(8)21-13-6-11(16)10(15)5-12(13)18(19)20/h2-6H,1H3. The van der Waals surface area contributed by atoms with Gasteiger partial charge in [0.05, 0.1) is 20.5 Å². The number of ether oxygens (including phenoxy) is 1. The molecule has 2 aromatic rings. The molecule has 0 bridgehead atoms. The second-order valence-corrected chi connectivity index (χ2v) is 4.97. The lowest BCUT2D eigenvalue weighted by Crippen LogP contribution is -1.96. The van der Waals surface area contributed by atoms with Gasteiger partial charge < -0.3 is 4.74 Å². The highest BCUT2D eigenvalue weighted by molar-refractivity contribution is 6.42. The van der Waals surface area contributed by atoms with Crippen molar-refractivity contribution in [1.29, 1.82) is 5.26 Å². The predicted octanol–water partition coefficient (Wildman–Crippen LogP) is 4.87. The van der Waals surface area contributed by atoms with Gasteiger partial charge in [-0.3, -0.25) is 10.1 Å². The lowest BCUT2D eigenvalue weighted by atomic mass is 10.1. The Kier molecular flexibility index (Phi) is 4.32. The quantitative estimate of drug-likeness (QED) is 0.596. The summed E-state index contributed by atoms with van der Waals surface area (Å²) in [5.41, 5.74) is 0.626. The molecule has 0 fully saturated rings. The lowest BCUT2D eigenvalue weighted by Gasteiger charge is -2.11. The van der Waals surface area contributed by atoms with Crippen LogP contribution in [0.25, 0.3) is 0 Å². The normalized spacial score (nSPS) is 10.0. The van der Waals surface area contributed by atoms with Gasteiger partial charge in [0.25, 0.3) is 0 Å². The van der Waals surface area contributed by atoms with E-state index in [9.17, 15) is 10.1 Å². The molecule has 0 unspecified atom stereocenters. The van der Waals surface area contributed by atoms with Crippen LogP contribution in [0.2, 0.25) is 10.0 Å². The number of hydrogen-bond acceptors (Lipinski definition) is 4. The Morgan fingerprint density at radius 1 is 1.29 bits per heavy atom. The third-order valence-corrected chi connectivity index (χ3v) is 3.47. The lowest BCUT2D eigenvalue weighted by molar-refractivity contribution is -0.385. The molecule has 0 aliphatic rings. The fraction of sp³-hybridized carbons (Fsp3) is 0.0714. The van der Waals surface area contributed by atoms with Gasteiger partial charge in [0.2, 0.25) is 5.75 Å². The number of nitro benzene ring substituents is 1. The molecule has 0 spiro atoms. The number of para-hydroxylation sites is 1. The summed E-state index contributed by atoms with van der Waals surface area (Å²) in [6, 6.07) is 9.35. The minimum Gasteiger partial charge on any atom is -0.448 e. The number of nitrogens with zero attached hydrogens (tertiary/aromatic N) is 2. The summed E-state index contributed by atoms with van der Waals surface area (Å²) in [5.74, 6) is 0.182. The smallest absolute Gasteiger partial charge is 0.313 e. The average molecular weight is 323 g/mol. The Morgan fingerprint density at radius 3 is 2.57 bits per heavy atom. The van der Waals surface area contributed by atoms with Crippen LogP contribution >= 0.6 is 23.2 Å². The molecule has 0 atom stereocenters. The van der Waals surface area contributed by atoms with Crippen molar-refractivity contribution < 1.29 is 9.66 Å². The summed E-state index contributed by atoms with van der Waals surface area (Å²) in [7, 11) is 0. The molecule has 21 heavy (non-hydrogen) atoms. The van der Waals surface area contributed by atoms with E-state index in [0.717, 1.165) is 6.07 Å². The molecule has 0 saturated heterocycles. The molecule has 2 aromatic carbocycles. The van der Waals surface area contributed by atoms with Crippen molar-refractivity contribution in [2.24, 2.45) is 0 Å². The minimum absolute atomic E-state index is 0.0565. The van der Waals surface area contributed by atoms with E-state index in [4.69, 9.17) is 33.2 Å². The summed E-state index contributed by atoms with van der Waals surface area (Å²) >= 11 is 11.6. The largest absolute Gasteiger partial charge is 0.448 e. The van der Waals surface area contributed by atoms with E-state index >= 15 is 0 Å². The molecular formula is C14H8Cl2N2O3. The van der Waals surface area contributed by atoms with Gasteiger partial charge in [-0.25, -0.2) is 0 Å². The second kappa shape index (κ2) is 6.00. The zero-order chi connectivity index (χ0) is 15.6. The van der Waals surface area contributed by atoms with Crippen molar-refractivity contribution in [2.75, 3.05) is 0 Å². The molecule has 7 heteroatoms. The zero-order valence-electron chi connectivity index (χ0n) is 10.8. The second-order valence-electron chi connectivity index (χ2n) is 4.16. The first-order valence-electron chi connectivity index (χ1n) is 5.75. The molecule has 0 aliphatic heterocycles. The fourth-order valence-electron chi connectivity index (χ4n) is 1.73. The van der Waals surface area contributed by atoms with E-state index < -0.39 is 4.92 Å². The van der Waals surface area contributed by atoms with Crippen LogP contribution in [0.1, 0.15) is 11.1 Å². The van der Waals surface area contributed by atoms with Gasteiger partial charge in [-0.1, -0.05) is 35.3 Å². The van der Waals surface area contributed by atoms with E-state index in [1.807, 2.05) is 6.07 Å². The van der Waals surface area contributed by atoms with Crippen molar-refractivity contribution in [1.82, 2.24) is 0 Å². The first kappa shape index (κ1) is 15.1. The highest BCUT2D eigenvalue weighted by Gasteiger charge is 2.20. The highest BCUT2D eigenvalue weighted by Crippen LogP contribution is 2.39. The molecule has 0 saturated carbocycles. The Balaban J connectivity index is 2.57. The Labute approximate surface area is 130 Å². The number of aryl methyl sites for hydroxylation is 1. The van der Waals surface area contributed by atoms with Crippen LogP contribution in [-0.4, -0.2) is 4.92 Å². The summed E-state index contributed by atoms with van der Waals surface area (Å²) < 4.78 is 5.55. The molecule has 0 N–H and O–H groups in total. The van der Waals surface area contributed by atoms with Gasteiger partial charge >= 0.3 is 5.69 Å². The van der Waals surface area contributed by atoms with Crippen molar-refractivity contribution in [3.63, 3.8) is 0 Å². The van der Waals surface area contributed by atoms with Crippen molar-refractivity contribution >= 4 is 28.9 Å². The van der Waals surface area contributed by atoms with Crippen molar-refractivity contribution in [3.05, 3.63) is 61.6 Å². The van der Waals surface area contributed by atoms with Crippen LogP contribution < -0.4 is 4.74 Å². The molecule has 0 aromatic heterocycles. The van der Waals surface area contributed by atoms with Crippen molar-refractivity contribution in [2.45, 2.75) is 6.92 Å².